The summed E-state index contributed by atoms with van der Waals surface area (Å²) in [6.07, 6.45) is 1.27. The van der Waals surface area contributed by atoms with Crippen LogP contribution in [0.25, 0.3) is 0 Å². The van der Waals surface area contributed by atoms with Crippen molar-refractivity contribution in [3.8, 4) is 0 Å². The summed E-state index contributed by atoms with van der Waals surface area (Å²) in [5.74, 6) is 0.956. The molecule has 0 atom stereocenters. The largest absolute Gasteiger partial charge is 0.339 e. The number of amides is 1. The lowest BCUT2D eigenvalue weighted by atomic mass is 10.1. The van der Waals surface area contributed by atoms with Gasteiger partial charge in [-0.15, -0.1) is 0 Å². The van der Waals surface area contributed by atoms with Crippen LogP contribution >= 0.6 is 11.6 Å². The maximum Gasteiger partial charge on any atom is 0.227 e. The number of carbonyl (C=O) groups excluding carboxylic acids is 1. The molecule has 5 nitrogen and oxygen atoms in total. The van der Waals surface area contributed by atoms with Gasteiger partial charge in [-0.3, -0.25) is 4.79 Å². The first-order valence-electron chi connectivity index (χ1n) is 8.01. The molecular weight excluding hydrogens is 338 g/mol. The van der Waals surface area contributed by atoms with E-state index in [1.165, 1.54) is 0 Å². The average molecular weight is 356 g/mol. The molecule has 0 aliphatic carbocycles. The third-order valence-corrected chi connectivity index (χ3v) is 4.14. The third kappa shape index (κ3) is 4.90. The van der Waals surface area contributed by atoms with E-state index in [1.54, 1.807) is 6.07 Å². The number of hydrogen-bond acceptors (Lipinski definition) is 4. The predicted molar refractivity (Wildman–Crippen MR) is 96.7 cm³/mol. The number of nitrogens with zero attached hydrogens (tertiary/aromatic N) is 2. The fourth-order valence-corrected chi connectivity index (χ4v) is 2.54. The number of hydrogen-bond donors (Lipinski definition) is 1. The molecule has 1 N–H and O–H groups in total. The number of halogens is 1. The van der Waals surface area contributed by atoms with Crippen molar-refractivity contribution in [2.24, 2.45) is 0 Å². The van der Waals surface area contributed by atoms with E-state index in [9.17, 15) is 4.79 Å². The highest BCUT2D eigenvalue weighted by molar-refractivity contribution is 6.31. The Bertz CT molecular complexity index is 862. The van der Waals surface area contributed by atoms with E-state index in [0.717, 1.165) is 11.1 Å². The van der Waals surface area contributed by atoms with Gasteiger partial charge >= 0.3 is 0 Å². The van der Waals surface area contributed by atoms with Crippen molar-refractivity contribution in [1.29, 1.82) is 0 Å². The number of aryl methyl sites for hydroxylation is 2. The molecule has 0 unspecified atom stereocenters. The zero-order valence-corrected chi connectivity index (χ0v) is 14.6. The van der Waals surface area contributed by atoms with Crippen LogP contribution in [-0.4, -0.2) is 16.0 Å². The van der Waals surface area contributed by atoms with Crippen molar-refractivity contribution in [3.05, 3.63) is 76.4 Å². The SMILES string of the molecule is Cc1ccc(NC(=O)CCc2nc(Cc3ccccc3)no2)cc1Cl. The molecule has 0 radical (unpaired) electrons. The number of anilines is 1. The number of benzene rings is 2. The molecule has 3 aromatic rings. The standard InChI is InChI=1S/C19H18ClN3O2/c1-13-7-8-15(12-16(13)20)21-18(24)9-10-19-22-17(23-25-19)11-14-5-3-2-4-6-14/h2-8,12H,9-11H2,1H3,(H,21,24). The molecule has 2 aromatic carbocycles. The molecule has 1 heterocycles. The first kappa shape index (κ1) is 17.2. The summed E-state index contributed by atoms with van der Waals surface area (Å²) < 4.78 is 5.21. The topological polar surface area (TPSA) is 68.0 Å². The van der Waals surface area contributed by atoms with Gasteiger partial charge in [0.1, 0.15) is 0 Å². The second-order valence-electron chi connectivity index (χ2n) is 5.78. The summed E-state index contributed by atoms with van der Waals surface area (Å²) in [7, 11) is 0. The van der Waals surface area contributed by atoms with E-state index in [4.69, 9.17) is 16.1 Å². The van der Waals surface area contributed by atoms with Crippen molar-refractivity contribution in [3.63, 3.8) is 0 Å². The highest BCUT2D eigenvalue weighted by Gasteiger charge is 2.10. The van der Waals surface area contributed by atoms with Gasteiger partial charge < -0.3 is 9.84 Å². The van der Waals surface area contributed by atoms with Crippen molar-refractivity contribution in [2.45, 2.75) is 26.2 Å². The van der Waals surface area contributed by atoms with Gasteiger partial charge in [-0.1, -0.05) is 53.2 Å². The maximum atomic E-state index is 12.0. The number of rotatable bonds is 6. The van der Waals surface area contributed by atoms with Gasteiger partial charge in [0.25, 0.3) is 0 Å². The Morgan fingerprint density at radius 1 is 1.20 bits per heavy atom. The van der Waals surface area contributed by atoms with Crippen LogP contribution in [0.15, 0.2) is 53.1 Å². The molecule has 3 rings (SSSR count). The minimum Gasteiger partial charge on any atom is -0.339 e. The lowest BCUT2D eigenvalue weighted by Gasteiger charge is -2.06. The lowest BCUT2D eigenvalue weighted by molar-refractivity contribution is -0.116. The van der Waals surface area contributed by atoms with Crippen LogP contribution in [0, 0.1) is 6.92 Å². The molecule has 25 heavy (non-hydrogen) atoms. The molecule has 0 fully saturated rings. The van der Waals surface area contributed by atoms with Gasteiger partial charge in [0.2, 0.25) is 11.8 Å². The van der Waals surface area contributed by atoms with Crippen molar-refractivity contribution >= 4 is 23.2 Å². The van der Waals surface area contributed by atoms with E-state index in [0.29, 0.717) is 35.3 Å². The van der Waals surface area contributed by atoms with Gasteiger partial charge in [-0.05, 0) is 30.2 Å². The summed E-state index contributed by atoms with van der Waals surface area (Å²) in [5, 5.41) is 7.40. The average Bonchev–Trinajstić information content (AvgIpc) is 3.05. The van der Waals surface area contributed by atoms with E-state index in [-0.39, 0.29) is 12.3 Å². The Balaban J connectivity index is 1.51. The number of nitrogens with one attached hydrogen (secondary N) is 1. The summed E-state index contributed by atoms with van der Waals surface area (Å²) in [6, 6.07) is 15.3. The van der Waals surface area contributed by atoms with Crippen LogP contribution in [0.2, 0.25) is 5.02 Å². The van der Waals surface area contributed by atoms with Gasteiger partial charge in [0.15, 0.2) is 5.82 Å². The molecule has 1 amide bonds. The fourth-order valence-electron chi connectivity index (χ4n) is 2.36. The zero-order valence-electron chi connectivity index (χ0n) is 13.8. The van der Waals surface area contributed by atoms with Crippen molar-refractivity contribution < 1.29 is 9.32 Å². The van der Waals surface area contributed by atoms with Gasteiger partial charge in [0.05, 0.1) is 0 Å². The van der Waals surface area contributed by atoms with Crippen molar-refractivity contribution in [2.75, 3.05) is 5.32 Å². The monoisotopic (exact) mass is 355 g/mol. The molecule has 0 bridgehead atoms. The van der Waals surface area contributed by atoms with E-state index in [1.807, 2.05) is 49.4 Å². The molecule has 1 aromatic heterocycles. The Labute approximate surface area is 151 Å². The summed E-state index contributed by atoms with van der Waals surface area (Å²) in [6.45, 7) is 1.91. The molecule has 0 aliphatic heterocycles. The van der Waals surface area contributed by atoms with Crippen LogP contribution in [0.4, 0.5) is 5.69 Å². The number of aromatic nitrogens is 2. The summed E-state index contributed by atoms with van der Waals surface area (Å²) in [5.41, 5.74) is 2.76. The minimum atomic E-state index is -0.122. The quantitative estimate of drug-likeness (QED) is 0.719. The third-order valence-electron chi connectivity index (χ3n) is 3.74. The molecule has 0 spiro atoms. The molecule has 0 saturated heterocycles. The smallest absolute Gasteiger partial charge is 0.227 e. The predicted octanol–water partition coefficient (Wildman–Crippen LogP) is 4.19. The van der Waals surface area contributed by atoms with E-state index >= 15 is 0 Å². The fraction of sp³-hybridized carbons (Fsp3) is 0.211. The Kier molecular flexibility index (Phi) is 5.46. The second-order valence-corrected chi connectivity index (χ2v) is 6.19. The van der Waals surface area contributed by atoms with Crippen molar-refractivity contribution in [1.82, 2.24) is 10.1 Å². The Morgan fingerprint density at radius 2 is 2.00 bits per heavy atom. The maximum absolute atomic E-state index is 12.0. The van der Waals surface area contributed by atoms with Crippen LogP contribution in [-0.2, 0) is 17.6 Å². The summed E-state index contributed by atoms with van der Waals surface area (Å²) in [4.78, 5) is 16.4. The molecule has 6 heteroatoms. The van der Waals surface area contributed by atoms with E-state index in [2.05, 4.69) is 15.5 Å². The summed E-state index contributed by atoms with van der Waals surface area (Å²) >= 11 is 6.05. The van der Waals surface area contributed by atoms with Crippen LogP contribution < -0.4 is 5.32 Å². The van der Waals surface area contributed by atoms with Gasteiger partial charge in [0, 0.05) is 30.0 Å². The normalized spacial score (nSPS) is 10.6. The number of carbonyl (C=O) groups is 1. The van der Waals surface area contributed by atoms with Crippen LogP contribution in [0.1, 0.15) is 29.3 Å². The molecule has 0 saturated carbocycles. The van der Waals surface area contributed by atoms with Crippen LogP contribution in [0.3, 0.4) is 0 Å². The molecule has 128 valence electrons. The Morgan fingerprint density at radius 3 is 2.76 bits per heavy atom. The van der Waals surface area contributed by atoms with E-state index < -0.39 is 0 Å². The van der Waals surface area contributed by atoms with Crippen LogP contribution in [0.5, 0.6) is 0 Å². The highest BCUT2D eigenvalue weighted by atomic mass is 35.5. The minimum absolute atomic E-state index is 0.122. The lowest BCUT2D eigenvalue weighted by Crippen LogP contribution is -2.12. The molecular formula is C19H18ClN3O2. The molecule has 0 aliphatic rings. The zero-order chi connectivity index (χ0) is 17.6. The second kappa shape index (κ2) is 7.94. The Hall–Kier alpha value is -2.66. The highest BCUT2D eigenvalue weighted by Crippen LogP contribution is 2.20. The van der Waals surface area contributed by atoms with Gasteiger partial charge in [-0.2, -0.15) is 4.98 Å². The van der Waals surface area contributed by atoms with Gasteiger partial charge in [-0.25, -0.2) is 0 Å². The first-order chi connectivity index (χ1) is 12.1. The first-order valence-corrected chi connectivity index (χ1v) is 8.39.